The number of aryl methyl sites for hydroxylation is 1. The van der Waals surface area contributed by atoms with Crippen LogP contribution in [0.5, 0.6) is 0 Å². The summed E-state index contributed by atoms with van der Waals surface area (Å²) in [6.45, 7) is 3.76. The summed E-state index contributed by atoms with van der Waals surface area (Å²) >= 11 is 0. The van der Waals surface area contributed by atoms with E-state index in [4.69, 9.17) is 4.52 Å². The summed E-state index contributed by atoms with van der Waals surface area (Å²) in [5, 5.41) is 14.6. The minimum absolute atomic E-state index is 0.263. The fourth-order valence-corrected chi connectivity index (χ4v) is 2.52. The molecule has 0 radical (unpaired) electrons. The molecule has 0 aromatic carbocycles. The molecule has 0 atom stereocenters. The maximum Gasteiger partial charge on any atom is 0.277 e. The number of carbonyl (C=O) groups is 1. The molecule has 0 bridgehead atoms. The van der Waals surface area contributed by atoms with Gasteiger partial charge in [-0.05, 0) is 31.9 Å². The van der Waals surface area contributed by atoms with Crippen LogP contribution in [0.4, 0.5) is 11.6 Å². The van der Waals surface area contributed by atoms with Crippen LogP contribution in [0.2, 0.25) is 0 Å². The molecule has 0 unspecified atom stereocenters. The summed E-state index contributed by atoms with van der Waals surface area (Å²) in [5.74, 6) is 1.50. The van der Waals surface area contributed by atoms with Crippen molar-refractivity contribution in [3.05, 3.63) is 29.7 Å². The van der Waals surface area contributed by atoms with Gasteiger partial charge < -0.3 is 14.7 Å². The largest absolute Gasteiger partial charge is 0.360 e. The van der Waals surface area contributed by atoms with Crippen molar-refractivity contribution in [2.24, 2.45) is 0 Å². The van der Waals surface area contributed by atoms with E-state index in [0.717, 1.165) is 18.9 Å². The number of hydrogen-bond acceptors (Lipinski definition) is 6. The lowest BCUT2D eigenvalue weighted by molar-refractivity contribution is 0.102. The standard InChI is InChI=1S/C15H19N5O2/c1-11-10-13(19-22-11)16-15(21)12-6-7-14(18-17-12)20-8-4-2-3-5-9-20/h6-7,10H,2-5,8-9H2,1H3,(H,16,19,21). The van der Waals surface area contributed by atoms with Gasteiger partial charge in [0.1, 0.15) is 5.76 Å². The Morgan fingerprint density at radius 1 is 1.18 bits per heavy atom. The number of amides is 1. The molecule has 0 aliphatic carbocycles. The van der Waals surface area contributed by atoms with Gasteiger partial charge in [-0.25, -0.2) is 0 Å². The number of hydrogen-bond donors (Lipinski definition) is 1. The molecule has 1 saturated heterocycles. The van der Waals surface area contributed by atoms with E-state index < -0.39 is 0 Å². The number of anilines is 2. The van der Waals surface area contributed by atoms with E-state index >= 15 is 0 Å². The lowest BCUT2D eigenvalue weighted by atomic mass is 10.2. The molecule has 2 aromatic rings. The molecule has 1 aliphatic heterocycles. The average Bonchev–Trinajstić information content (AvgIpc) is 2.78. The highest BCUT2D eigenvalue weighted by Gasteiger charge is 2.14. The number of nitrogens with one attached hydrogen (secondary N) is 1. The Kier molecular flexibility index (Phi) is 4.32. The third-order valence-electron chi connectivity index (χ3n) is 3.68. The molecule has 0 spiro atoms. The summed E-state index contributed by atoms with van der Waals surface area (Å²) < 4.78 is 4.90. The Bertz CT molecular complexity index is 630. The maximum absolute atomic E-state index is 12.1. The summed E-state index contributed by atoms with van der Waals surface area (Å²) in [6, 6.07) is 5.19. The molecule has 22 heavy (non-hydrogen) atoms. The van der Waals surface area contributed by atoms with Crippen LogP contribution in [0.3, 0.4) is 0 Å². The van der Waals surface area contributed by atoms with Crippen molar-refractivity contribution in [2.75, 3.05) is 23.3 Å². The molecular weight excluding hydrogens is 282 g/mol. The van der Waals surface area contributed by atoms with Crippen molar-refractivity contribution in [1.82, 2.24) is 15.4 Å². The van der Waals surface area contributed by atoms with Crippen LogP contribution in [-0.4, -0.2) is 34.4 Å². The highest BCUT2D eigenvalue weighted by atomic mass is 16.5. The van der Waals surface area contributed by atoms with Crippen LogP contribution < -0.4 is 10.2 Å². The zero-order chi connectivity index (χ0) is 15.4. The number of carbonyl (C=O) groups excluding carboxylic acids is 1. The molecule has 1 N–H and O–H groups in total. The van der Waals surface area contributed by atoms with Gasteiger partial charge in [0.25, 0.3) is 5.91 Å². The van der Waals surface area contributed by atoms with Gasteiger partial charge in [0, 0.05) is 19.2 Å². The molecule has 0 saturated carbocycles. The van der Waals surface area contributed by atoms with Gasteiger partial charge in [-0.2, -0.15) is 0 Å². The van der Waals surface area contributed by atoms with Crippen LogP contribution in [0.15, 0.2) is 22.7 Å². The van der Waals surface area contributed by atoms with Crippen LogP contribution in [0, 0.1) is 6.92 Å². The topological polar surface area (TPSA) is 84.2 Å². The van der Waals surface area contributed by atoms with Crippen molar-refractivity contribution >= 4 is 17.5 Å². The van der Waals surface area contributed by atoms with Gasteiger partial charge in [0.05, 0.1) is 0 Å². The lowest BCUT2D eigenvalue weighted by Gasteiger charge is -2.20. The van der Waals surface area contributed by atoms with E-state index in [2.05, 4.69) is 25.6 Å². The smallest absolute Gasteiger partial charge is 0.277 e. The molecule has 1 amide bonds. The van der Waals surface area contributed by atoms with Gasteiger partial charge in [0.15, 0.2) is 17.3 Å². The van der Waals surface area contributed by atoms with Gasteiger partial charge in [0.2, 0.25) is 0 Å². The van der Waals surface area contributed by atoms with Crippen LogP contribution in [0.1, 0.15) is 41.9 Å². The minimum atomic E-state index is -0.344. The zero-order valence-corrected chi connectivity index (χ0v) is 12.6. The second-order valence-corrected chi connectivity index (χ2v) is 5.45. The summed E-state index contributed by atoms with van der Waals surface area (Å²) in [7, 11) is 0. The Balaban J connectivity index is 1.66. The SMILES string of the molecule is Cc1cc(NC(=O)c2ccc(N3CCCCCC3)nn2)no1. The zero-order valence-electron chi connectivity index (χ0n) is 12.6. The van der Waals surface area contributed by atoms with Gasteiger partial charge >= 0.3 is 0 Å². The number of rotatable bonds is 3. The predicted molar refractivity (Wildman–Crippen MR) is 81.9 cm³/mol. The third-order valence-corrected chi connectivity index (χ3v) is 3.68. The molecule has 7 heteroatoms. The average molecular weight is 301 g/mol. The van der Waals surface area contributed by atoms with E-state index in [1.165, 1.54) is 25.7 Å². The molecule has 7 nitrogen and oxygen atoms in total. The minimum Gasteiger partial charge on any atom is -0.360 e. The van der Waals surface area contributed by atoms with E-state index in [9.17, 15) is 4.79 Å². The summed E-state index contributed by atoms with van der Waals surface area (Å²) in [6.07, 6.45) is 4.88. The Morgan fingerprint density at radius 2 is 1.95 bits per heavy atom. The first-order chi connectivity index (χ1) is 10.7. The third kappa shape index (κ3) is 3.41. The molecule has 2 aromatic heterocycles. The van der Waals surface area contributed by atoms with Crippen molar-refractivity contribution in [3.63, 3.8) is 0 Å². The lowest BCUT2D eigenvalue weighted by Crippen LogP contribution is -2.25. The maximum atomic E-state index is 12.1. The molecule has 116 valence electrons. The van der Waals surface area contributed by atoms with Crippen LogP contribution in [-0.2, 0) is 0 Å². The Hall–Kier alpha value is -2.44. The van der Waals surface area contributed by atoms with Crippen molar-refractivity contribution in [3.8, 4) is 0 Å². The van der Waals surface area contributed by atoms with Gasteiger partial charge in [-0.15, -0.1) is 10.2 Å². The molecular formula is C15H19N5O2. The van der Waals surface area contributed by atoms with Crippen molar-refractivity contribution in [2.45, 2.75) is 32.6 Å². The predicted octanol–water partition coefficient (Wildman–Crippen LogP) is 2.41. The molecule has 1 fully saturated rings. The Morgan fingerprint density at radius 3 is 2.55 bits per heavy atom. The second kappa shape index (κ2) is 6.55. The first kappa shape index (κ1) is 14.5. The van der Waals surface area contributed by atoms with E-state index in [-0.39, 0.29) is 11.6 Å². The normalized spacial score (nSPS) is 15.4. The van der Waals surface area contributed by atoms with Crippen molar-refractivity contribution in [1.29, 1.82) is 0 Å². The first-order valence-electron chi connectivity index (χ1n) is 7.56. The van der Waals surface area contributed by atoms with E-state index in [0.29, 0.717) is 11.6 Å². The highest BCUT2D eigenvalue weighted by molar-refractivity contribution is 6.02. The van der Waals surface area contributed by atoms with Gasteiger partial charge in [-0.3, -0.25) is 4.79 Å². The fraction of sp³-hybridized carbons (Fsp3) is 0.467. The quantitative estimate of drug-likeness (QED) is 0.937. The molecule has 1 aliphatic rings. The second-order valence-electron chi connectivity index (χ2n) is 5.45. The van der Waals surface area contributed by atoms with Gasteiger partial charge in [-0.1, -0.05) is 18.0 Å². The molecule has 3 heterocycles. The summed E-state index contributed by atoms with van der Waals surface area (Å²) in [4.78, 5) is 14.3. The number of nitrogens with zero attached hydrogens (tertiary/aromatic N) is 4. The molecule has 3 rings (SSSR count). The fourth-order valence-electron chi connectivity index (χ4n) is 2.52. The van der Waals surface area contributed by atoms with Crippen LogP contribution >= 0.6 is 0 Å². The summed E-state index contributed by atoms with van der Waals surface area (Å²) in [5.41, 5.74) is 0.263. The highest BCUT2D eigenvalue weighted by Crippen LogP contribution is 2.17. The Labute approximate surface area is 128 Å². The van der Waals surface area contributed by atoms with Crippen LogP contribution in [0.25, 0.3) is 0 Å². The van der Waals surface area contributed by atoms with E-state index in [1.807, 2.05) is 6.07 Å². The van der Waals surface area contributed by atoms with E-state index in [1.54, 1.807) is 19.1 Å². The van der Waals surface area contributed by atoms with Crippen molar-refractivity contribution < 1.29 is 9.32 Å². The number of aromatic nitrogens is 3. The first-order valence-corrected chi connectivity index (χ1v) is 7.56. The monoisotopic (exact) mass is 301 g/mol.